The molecule has 0 bridgehead atoms. The molecule has 0 saturated carbocycles. The van der Waals surface area contributed by atoms with Gasteiger partial charge in [-0.2, -0.15) is 5.26 Å². The van der Waals surface area contributed by atoms with Crippen molar-refractivity contribution in [2.24, 2.45) is 7.05 Å². The van der Waals surface area contributed by atoms with Crippen molar-refractivity contribution >= 4 is 10.9 Å². The monoisotopic (exact) mass is 262 g/mol. The Balaban J connectivity index is 2.43. The lowest BCUT2D eigenvalue weighted by atomic mass is 10.1. The van der Waals surface area contributed by atoms with Gasteiger partial charge in [-0.1, -0.05) is 30.3 Å². The Hall–Kier alpha value is -2.73. The van der Waals surface area contributed by atoms with Crippen LogP contribution in [0.3, 0.4) is 0 Å². The molecule has 0 fully saturated rings. The first-order valence-electron chi connectivity index (χ1n) is 6.39. The highest BCUT2D eigenvalue weighted by Crippen LogP contribution is 2.36. The smallest absolute Gasteiger partial charge is 0.128 e. The molecule has 3 rings (SSSR count). The first-order valence-corrected chi connectivity index (χ1v) is 6.39. The third-order valence-electron chi connectivity index (χ3n) is 3.58. The van der Waals surface area contributed by atoms with Crippen molar-refractivity contribution in [2.75, 3.05) is 7.11 Å². The SMILES string of the molecule is COc1ccccc1-c1c(C#N)c2ccccc2n1C. The molecule has 0 aliphatic carbocycles. The first kappa shape index (κ1) is 12.3. The Labute approximate surface area is 117 Å². The van der Waals surface area contributed by atoms with Gasteiger partial charge in [-0.3, -0.25) is 0 Å². The van der Waals surface area contributed by atoms with Crippen molar-refractivity contribution in [3.63, 3.8) is 0 Å². The van der Waals surface area contributed by atoms with Gasteiger partial charge in [-0.15, -0.1) is 0 Å². The van der Waals surface area contributed by atoms with Crippen LogP contribution in [0.25, 0.3) is 22.2 Å². The van der Waals surface area contributed by atoms with E-state index in [4.69, 9.17) is 4.74 Å². The topological polar surface area (TPSA) is 37.9 Å². The summed E-state index contributed by atoms with van der Waals surface area (Å²) in [5.41, 5.74) is 3.56. The van der Waals surface area contributed by atoms with Crippen molar-refractivity contribution in [2.45, 2.75) is 0 Å². The van der Waals surface area contributed by atoms with E-state index in [1.165, 1.54) is 0 Å². The molecule has 3 nitrogen and oxygen atoms in total. The van der Waals surface area contributed by atoms with Gasteiger partial charge in [0.25, 0.3) is 0 Å². The molecule has 98 valence electrons. The lowest BCUT2D eigenvalue weighted by Crippen LogP contribution is -1.95. The van der Waals surface area contributed by atoms with E-state index in [1.807, 2.05) is 60.1 Å². The molecule has 0 amide bonds. The summed E-state index contributed by atoms with van der Waals surface area (Å²) in [7, 11) is 3.62. The summed E-state index contributed by atoms with van der Waals surface area (Å²) in [6.45, 7) is 0. The predicted molar refractivity (Wildman–Crippen MR) is 79.6 cm³/mol. The average Bonchev–Trinajstić information content (AvgIpc) is 2.80. The van der Waals surface area contributed by atoms with E-state index in [0.717, 1.165) is 27.9 Å². The molecule has 20 heavy (non-hydrogen) atoms. The van der Waals surface area contributed by atoms with Crippen LogP contribution in [-0.2, 0) is 7.05 Å². The molecule has 1 aromatic heterocycles. The highest BCUT2D eigenvalue weighted by molar-refractivity contribution is 5.95. The van der Waals surface area contributed by atoms with Crippen molar-refractivity contribution < 1.29 is 4.74 Å². The van der Waals surface area contributed by atoms with Gasteiger partial charge in [0.15, 0.2) is 0 Å². The minimum atomic E-state index is 0.688. The zero-order valence-electron chi connectivity index (χ0n) is 11.4. The third-order valence-corrected chi connectivity index (χ3v) is 3.58. The van der Waals surface area contributed by atoms with Crippen LogP contribution in [0.5, 0.6) is 5.75 Å². The molecule has 0 spiro atoms. The van der Waals surface area contributed by atoms with Crippen LogP contribution in [0.2, 0.25) is 0 Å². The summed E-state index contributed by atoms with van der Waals surface area (Å²) in [6, 6.07) is 18.0. The molecule has 0 aliphatic rings. The standard InChI is InChI=1S/C17H14N2O/c1-19-15-9-5-3-7-12(15)14(11-18)17(19)13-8-4-6-10-16(13)20-2/h3-10H,1-2H3. The summed E-state index contributed by atoms with van der Waals surface area (Å²) in [5, 5.41) is 10.5. The van der Waals surface area contributed by atoms with Gasteiger partial charge in [0, 0.05) is 23.5 Å². The number of nitriles is 1. The number of para-hydroxylation sites is 2. The van der Waals surface area contributed by atoms with Crippen LogP contribution < -0.4 is 4.74 Å². The quantitative estimate of drug-likeness (QED) is 0.705. The molecule has 2 aromatic carbocycles. The minimum Gasteiger partial charge on any atom is -0.496 e. The average molecular weight is 262 g/mol. The van der Waals surface area contributed by atoms with Gasteiger partial charge in [-0.05, 0) is 18.2 Å². The number of ether oxygens (including phenoxy) is 1. The Bertz CT molecular complexity index is 825. The van der Waals surface area contributed by atoms with Crippen LogP contribution in [0.1, 0.15) is 5.56 Å². The molecule has 3 heteroatoms. The first-order chi connectivity index (χ1) is 9.77. The molecule has 3 aromatic rings. The highest BCUT2D eigenvalue weighted by Gasteiger charge is 2.18. The summed E-state index contributed by atoms with van der Waals surface area (Å²) < 4.78 is 7.47. The largest absolute Gasteiger partial charge is 0.496 e. The minimum absolute atomic E-state index is 0.688. The molecule has 0 radical (unpaired) electrons. The number of aromatic nitrogens is 1. The Morgan fingerprint density at radius 1 is 1.05 bits per heavy atom. The number of methoxy groups -OCH3 is 1. The fraction of sp³-hybridized carbons (Fsp3) is 0.118. The van der Waals surface area contributed by atoms with E-state index in [9.17, 15) is 5.26 Å². The fourth-order valence-electron chi connectivity index (χ4n) is 2.66. The van der Waals surface area contributed by atoms with Crippen LogP contribution in [-0.4, -0.2) is 11.7 Å². The van der Waals surface area contributed by atoms with E-state index in [2.05, 4.69) is 6.07 Å². The molecule has 0 atom stereocenters. The second kappa shape index (κ2) is 4.75. The van der Waals surface area contributed by atoms with Gasteiger partial charge in [-0.25, -0.2) is 0 Å². The molecule has 0 aliphatic heterocycles. The van der Waals surface area contributed by atoms with Crippen molar-refractivity contribution in [3.05, 3.63) is 54.1 Å². The van der Waals surface area contributed by atoms with Gasteiger partial charge >= 0.3 is 0 Å². The van der Waals surface area contributed by atoms with Crippen molar-refractivity contribution in [1.29, 1.82) is 5.26 Å². The molecule has 0 saturated heterocycles. The van der Waals surface area contributed by atoms with Crippen LogP contribution in [0.4, 0.5) is 0 Å². The molecular weight excluding hydrogens is 248 g/mol. The van der Waals surface area contributed by atoms with Gasteiger partial charge in [0.2, 0.25) is 0 Å². The lowest BCUT2D eigenvalue weighted by molar-refractivity contribution is 0.416. The Morgan fingerprint density at radius 2 is 1.75 bits per heavy atom. The van der Waals surface area contributed by atoms with Crippen LogP contribution in [0, 0.1) is 11.3 Å². The number of benzene rings is 2. The molecule has 0 N–H and O–H groups in total. The molecule has 1 heterocycles. The number of hydrogen-bond donors (Lipinski definition) is 0. The Morgan fingerprint density at radius 3 is 2.50 bits per heavy atom. The number of aryl methyl sites for hydroxylation is 1. The number of nitrogens with zero attached hydrogens (tertiary/aromatic N) is 2. The zero-order chi connectivity index (χ0) is 14.1. The van der Waals surface area contributed by atoms with Gasteiger partial charge in [0.1, 0.15) is 11.8 Å². The summed E-state index contributed by atoms with van der Waals surface area (Å²) in [6.07, 6.45) is 0. The van der Waals surface area contributed by atoms with Crippen LogP contribution >= 0.6 is 0 Å². The van der Waals surface area contributed by atoms with Crippen molar-refractivity contribution in [3.8, 4) is 23.1 Å². The second-order valence-electron chi connectivity index (χ2n) is 4.61. The summed E-state index contributed by atoms with van der Waals surface area (Å²) in [5.74, 6) is 0.773. The van der Waals surface area contributed by atoms with Crippen molar-refractivity contribution in [1.82, 2.24) is 4.57 Å². The highest BCUT2D eigenvalue weighted by atomic mass is 16.5. The molecular formula is C17H14N2O. The van der Waals surface area contributed by atoms with Crippen LogP contribution in [0.15, 0.2) is 48.5 Å². The Kier molecular flexibility index (Phi) is 2.92. The number of fused-ring (bicyclic) bond motifs is 1. The van der Waals surface area contributed by atoms with E-state index >= 15 is 0 Å². The number of rotatable bonds is 2. The normalized spacial score (nSPS) is 10.4. The molecule has 0 unspecified atom stereocenters. The maximum Gasteiger partial charge on any atom is 0.128 e. The van der Waals surface area contributed by atoms with Gasteiger partial charge in [0.05, 0.1) is 18.4 Å². The zero-order valence-corrected chi connectivity index (χ0v) is 11.4. The van der Waals surface area contributed by atoms with Gasteiger partial charge < -0.3 is 9.30 Å². The maximum absolute atomic E-state index is 9.55. The summed E-state index contributed by atoms with van der Waals surface area (Å²) >= 11 is 0. The second-order valence-corrected chi connectivity index (χ2v) is 4.61. The van der Waals surface area contributed by atoms with E-state index in [1.54, 1.807) is 7.11 Å². The van der Waals surface area contributed by atoms with E-state index in [0.29, 0.717) is 5.56 Å². The number of hydrogen-bond acceptors (Lipinski definition) is 2. The maximum atomic E-state index is 9.55. The van der Waals surface area contributed by atoms with E-state index < -0.39 is 0 Å². The lowest BCUT2D eigenvalue weighted by Gasteiger charge is -2.10. The third kappa shape index (κ3) is 1.66. The fourth-order valence-corrected chi connectivity index (χ4v) is 2.66. The predicted octanol–water partition coefficient (Wildman–Crippen LogP) is 3.73. The van der Waals surface area contributed by atoms with E-state index in [-0.39, 0.29) is 0 Å². The summed E-state index contributed by atoms with van der Waals surface area (Å²) in [4.78, 5) is 0.